The summed E-state index contributed by atoms with van der Waals surface area (Å²) in [6.45, 7) is 0. The molecule has 0 aliphatic rings. The Labute approximate surface area is 122 Å². The minimum atomic E-state index is -0.191. The van der Waals surface area contributed by atoms with Crippen molar-refractivity contribution >= 4 is 22.8 Å². The number of hydrogen-bond acceptors (Lipinski definition) is 3. The summed E-state index contributed by atoms with van der Waals surface area (Å²) in [5.74, 6) is -0.113. The Morgan fingerprint density at radius 3 is 2.57 bits per heavy atom. The predicted molar refractivity (Wildman–Crippen MR) is 83.2 cm³/mol. The molecule has 0 unspecified atom stereocenters. The van der Waals surface area contributed by atoms with E-state index in [1.165, 1.54) is 6.08 Å². The van der Waals surface area contributed by atoms with Gasteiger partial charge in [-0.15, -0.1) is 0 Å². The summed E-state index contributed by atoms with van der Waals surface area (Å²) in [6, 6.07) is 18.2. The fourth-order valence-electron chi connectivity index (χ4n) is 2.09. The van der Waals surface area contributed by atoms with Gasteiger partial charge in [0.25, 0.3) is 0 Å². The maximum atomic E-state index is 12.1. The smallest absolute Gasteiger partial charge is 0.204 e. The second-order valence-electron chi connectivity index (χ2n) is 4.65. The van der Waals surface area contributed by atoms with E-state index >= 15 is 0 Å². The maximum absolute atomic E-state index is 12.1. The summed E-state index contributed by atoms with van der Waals surface area (Å²) in [7, 11) is 0. The number of aromatic nitrogens is 1. The Hall–Kier alpha value is -2.94. The molecule has 0 fully saturated rings. The Morgan fingerprint density at radius 2 is 1.76 bits per heavy atom. The molecule has 0 radical (unpaired) electrons. The summed E-state index contributed by atoms with van der Waals surface area (Å²) in [4.78, 5) is 16.4. The lowest BCUT2D eigenvalue weighted by Crippen LogP contribution is -1.98. The van der Waals surface area contributed by atoms with E-state index in [0.29, 0.717) is 11.2 Å². The van der Waals surface area contributed by atoms with E-state index in [9.17, 15) is 9.90 Å². The van der Waals surface area contributed by atoms with Gasteiger partial charge in [-0.2, -0.15) is 0 Å². The molecule has 1 aromatic heterocycles. The first-order chi connectivity index (χ1) is 10.2. The molecule has 21 heavy (non-hydrogen) atoms. The highest BCUT2D eigenvalue weighted by Crippen LogP contribution is 2.22. The highest BCUT2D eigenvalue weighted by Gasteiger charge is 2.07. The van der Waals surface area contributed by atoms with E-state index in [0.717, 1.165) is 10.9 Å². The molecule has 0 amide bonds. The number of para-hydroxylation sites is 1. The van der Waals surface area contributed by atoms with E-state index in [-0.39, 0.29) is 11.5 Å². The van der Waals surface area contributed by atoms with Gasteiger partial charge in [0.2, 0.25) is 5.78 Å². The van der Waals surface area contributed by atoms with Crippen molar-refractivity contribution in [2.24, 2.45) is 0 Å². The number of pyridine rings is 1. The number of fused-ring (bicyclic) bond motifs is 1. The van der Waals surface area contributed by atoms with Gasteiger partial charge in [-0.3, -0.25) is 4.79 Å². The Balaban J connectivity index is 1.91. The Bertz CT molecular complexity index is 823. The van der Waals surface area contributed by atoms with Crippen LogP contribution in [0.3, 0.4) is 0 Å². The zero-order valence-corrected chi connectivity index (χ0v) is 11.2. The van der Waals surface area contributed by atoms with Gasteiger partial charge < -0.3 is 5.11 Å². The van der Waals surface area contributed by atoms with Crippen LogP contribution in [0.15, 0.2) is 66.7 Å². The van der Waals surface area contributed by atoms with E-state index < -0.39 is 0 Å². The molecule has 1 heterocycles. The summed E-state index contributed by atoms with van der Waals surface area (Å²) < 4.78 is 0. The second kappa shape index (κ2) is 5.59. The molecule has 3 nitrogen and oxygen atoms in total. The lowest BCUT2D eigenvalue weighted by atomic mass is 10.1. The van der Waals surface area contributed by atoms with Gasteiger partial charge in [0.15, 0.2) is 0 Å². The standard InChI is InChI=1S/C18H13NO2/c20-16(12-9-13-5-2-1-3-6-13)15-11-10-14-7-4-8-17(21)18(14)19-15/h1-12,21H/b12-9+. The zero-order valence-electron chi connectivity index (χ0n) is 11.2. The molecule has 0 atom stereocenters. The summed E-state index contributed by atoms with van der Waals surface area (Å²) in [5, 5.41) is 10.6. The number of allylic oxidation sites excluding steroid dienone is 1. The Morgan fingerprint density at radius 1 is 0.952 bits per heavy atom. The van der Waals surface area contributed by atoms with Crippen LogP contribution in [0, 0.1) is 0 Å². The van der Waals surface area contributed by atoms with Gasteiger partial charge in [-0.05, 0) is 23.8 Å². The normalized spacial score (nSPS) is 11.0. The number of carbonyl (C=O) groups excluding carboxylic acids is 1. The van der Waals surface area contributed by atoms with Crippen LogP contribution < -0.4 is 0 Å². The number of benzene rings is 2. The lowest BCUT2D eigenvalue weighted by Gasteiger charge is -2.01. The average molecular weight is 275 g/mol. The zero-order chi connectivity index (χ0) is 14.7. The van der Waals surface area contributed by atoms with E-state index in [1.54, 1.807) is 30.3 Å². The van der Waals surface area contributed by atoms with Crippen molar-refractivity contribution in [2.75, 3.05) is 0 Å². The number of aromatic hydroxyl groups is 1. The van der Waals surface area contributed by atoms with E-state index in [1.807, 2.05) is 36.4 Å². The molecule has 3 rings (SSSR count). The first-order valence-corrected chi connectivity index (χ1v) is 6.60. The second-order valence-corrected chi connectivity index (χ2v) is 4.65. The van der Waals surface area contributed by atoms with Crippen LogP contribution in [0.5, 0.6) is 5.75 Å². The van der Waals surface area contributed by atoms with Crippen molar-refractivity contribution < 1.29 is 9.90 Å². The molecular formula is C18H13NO2. The molecule has 0 aliphatic carbocycles. The van der Waals surface area contributed by atoms with Gasteiger partial charge >= 0.3 is 0 Å². The fourth-order valence-corrected chi connectivity index (χ4v) is 2.09. The summed E-state index contributed by atoms with van der Waals surface area (Å²) in [5.41, 5.74) is 1.71. The van der Waals surface area contributed by atoms with Gasteiger partial charge in [0.05, 0.1) is 0 Å². The molecule has 3 aromatic rings. The Kier molecular flexibility index (Phi) is 3.48. The molecule has 0 aliphatic heterocycles. The quantitative estimate of drug-likeness (QED) is 0.583. The van der Waals surface area contributed by atoms with Gasteiger partial charge in [0.1, 0.15) is 17.0 Å². The topological polar surface area (TPSA) is 50.2 Å². The third-order valence-electron chi connectivity index (χ3n) is 3.18. The fraction of sp³-hybridized carbons (Fsp3) is 0. The number of rotatable bonds is 3. The summed E-state index contributed by atoms with van der Waals surface area (Å²) in [6.07, 6.45) is 3.24. The number of phenolic OH excluding ortho intramolecular Hbond substituents is 1. The minimum Gasteiger partial charge on any atom is -0.506 e. The number of hydrogen-bond donors (Lipinski definition) is 1. The minimum absolute atomic E-state index is 0.0780. The molecule has 3 heteroatoms. The predicted octanol–water partition coefficient (Wildman–Crippen LogP) is 3.84. The lowest BCUT2D eigenvalue weighted by molar-refractivity contribution is 0.104. The van der Waals surface area contributed by atoms with E-state index in [4.69, 9.17) is 0 Å². The van der Waals surface area contributed by atoms with E-state index in [2.05, 4.69) is 4.98 Å². The SMILES string of the molecule is O=C(/C=C/c1ccccc1)c1ccc2cccc(O)c2n1. The number of phenols is 1. The summed E-state index contributed by atoms with van der Waals surface area (Å²) >= 11 is 0. The molecule has 0 saturated carbocycles. The van der Waals surface area contributed by atoms with Crippen molar-refractivity contribution in [3.8, 4) is 5.75 Å². The van der Waals surface area contributed by atoms with Crippen molar-refractivity contribution in [3.05, 3.63) is 78.0 Å². The van der Waals surface area contributed by atoms with Crippen LogP contribution in [0.1, 0.15) is 16.1 Å². The largest absolute Gasteiger partial charge is 0.506 e. The van der Waals surface area contributed by atoms with Gasteiger partial charge in [-0.1, -0.05) is 54.6 Å². The number of carbonyl (C=O) groups is 1. The van der Waals surface area contributed by atoms with Crippen LogP contribution in [0.2, 0.25) is 0 Å². The number of nitrogens with zero attached hydrogens (tertiary/aromatic N) is 1. The number of ketones is 1. The molecule has 1 N–H and O–H groups in total. The van der Waals surface area contributed by atoms with Crippen LogP contribution in [0.4, 0.5) is 0 Å². The van der Waals surface area contributed by atoms with Crippen molar-refractivity contribution in [1.29, 1.82) is 0 Å². The molecule has 2 aromatic carbocycles. The van der Waals surface area contributed by atoms with Gasteiger partial charge in [0, 0.05) is 5.39 Å². The third-order valence-corrected chi connectivity index (χ3v) is 3.18. The van der Waals surface area contributed by atoms with Crippen molar-refractivity contribution in [1.82, 2.24) is 4.98 Å². The third kappa shape index (κ3) is 2.82. The van der Waals surface area contributed by atoms with Crippen molar-refractivity contribution in [2.45, 2.75) is 0 Å². The van der Waals surface area contributed by atoms with Crippen LogP contribution in [0.25, 0.3) is 17.0 Å². The molecule has 0 bridgehead atoms. The van der Waals surface area contributed by atoms with Crippen molar-refractivity contribution in [3.63, 3.8) is 0 Å². The maximum Gasteiger partial charge on any atom is 0.204 e. The van der Waals surface area contributed by atoms with Crippen LogP contribution in [-0.4, -0.2) is 15.9 Å². The van der Waals surface area contributed by atoms with Crippen LogP contribution >= 0.6 is 0 Å². The molecule has 0 saturated heterocycles. The molecule has 0 spiro atoms. The molecular weight excluding hydrogens is 262 g/mol. The van der Waals surface area contributed by atoms with Crippen LogP contribution in [-0.2, 0) is 0 Å². The highest BCUT2D eigenvalue weighted by atomic mass is 16.3. The highest BCUT2D eigenvalue weighted by molar-refractivity contribution is 6.06. The first-order valence-electron chi connectivity index (χ1n) is 6.60. The first kappa shape index (κ1) is 13.1. The molecule has 102 valence electrons. The van der Waals surface area contributed by atoms with Gasteiger partial charge in [-0.25, -0.2) is 4.98 Å². The monoisotopic (exact) mass is 275 g/mol. The average Bonchev–Trinajstić information content (AvgIpc) is 2.54.